The maximum atomic E-state index is 10.4. The van der Waals surface area contributed by atoms with E-state index in [2.05, 4.69) is 13.8 Å². The van der Waals surface area contributed by atoms with Crippen molar-refractivity contribution in [3.05, 3.63) is 0 Å². The highest BCUT2D eigenvalue weighted by Gasteiger charge is 2.40. The molecule has 0 saturated carbocycles. The molecule has 2 aliphatic heterocycles. The standard InChI is InChI=1S/C15H28O3S/c1-3-12(2)19-11-14(16)13-4-7-18-15(10-13)5-8-17-9-6-15/h12-14,16H,3-11H2,1-2H3. The van der Waals surface area contributed by atoms with E-state index >= 15 is 0 Å². The second-order valence-corrected chi connectivity index (χ2v) is 7.49. The van der Waals surface area contributed by atoms with Crippen LogP contribution in [0.3, 0.4) is 0 Å². The van der Waals surface area contributed by atoms with E-state index in [4.69, 9.17) is 9.47 Å². The Morgan fingerprint density at radius 1 is 1.32 bits per heavy atom. The van der Waals surface area contributed by atoms with Crippen LogP contribution in [0.5, 0.6) is 0 Å². The molecule has 2 aliphatic rings. The third-order valence-corrected chi connectivity index (χ3v) is 6.04. The molecule has 0 aromatic rings. The lowest BCUT2D eigenvalue weighted by atomic mass is 9.79. The second-order valence-electron chi connectivity index (χ2n) is 6.02. The monoisotopic (exact) mass is 288 g/mol. The summed E-state index contributed by atoms with van der Waals surface area (Å²) in [6.07, 6.45) is 5.00. The quantitative estimate of drug-likeness (QED) is 0.844. The second kappa shape index (κ2) is 7.30. The minimum absolute atomic E-state index is 0.00316. The normalized spacial score (nSPS) is 30.2. The number of thioether (sulfide) groups is 1. The Morgan fingerprint density at radius 2 is 2.05 bits per heavy atom. The molecule has 2 fully saturated rings. The summed E-state index contributed by atoms with van der Waals surface area (Å²) in [6.45, 7) is 6.86. The molecule has 3 unspecified atom stereocenters. The van der Waals surface area contributed by atoms with E-state index in [-0.39, 0.29) is 11.7 Å². The van der Waals surface area contributed by atoms with E-state index in [0.717, 1.165) is 51.3 Å². The Balaban J connectivity index is 1.82. The highest BCUT2D eigenvalue weighted by atomic mass is 32.2. The van der Waals surface area contributed by atoms with Gasteiger partial charge in [0.05, 0.1) is 11.7 Å². The first-order valence-corrected chi connectivity index (χ1v) is 8.71. The maximum absolute atomic E-state index is 10.4. The molecule has 0 aliphatic carbocycles. The summed E-state index contributed by atoms with van der Waals surface area (Å²) in [5.41, 5.74) is 0.00316. The van der Waals surface area contributed by atoms with Crippen LogP contribution in [0.1, 0.15) is 46.0 Å². The molecule has 2 rings (SSSR count). The molecule has 0 aromatic carbocycles. The van der Waals surface area contributed by atoms with Crippen LogP contribution < -0.4 is 0 Å². The van der Waals surface area contributed by atoms with Gasteiger partial charge in [0.25, 0.3) is 0 Å². The van der Waals surface area contributed by atoms with Crippen molar-refractivity contribution >= 4 is 11.8 Å². The van der Waals surface area contributed by atoms with Crippen molar-refractivity contribution in [3.8, 4) is 0 Å². The van der Waals surface area contributed by atoms with Gasteiger partial charge in [-0.15, -0.1) is 0 Å². The summed E-state index contributed by atoms with van der Waals surface area (Å²) >= 11 is 1.90. The molecule has 3 nitrogen and oxygen atoms in total. The molecule has 0 bridgehead atoms. The van der Waals surface area contributed by atoms with Gasteiger partial charge in [0.1, 0.15) is 0 Å². The summed E-state index contributed by atoms with van der Waals surface area (Å²) < 4.78 is 11.5. The lowest BCUT2D eigenvalue weighted by Gasteiger charge is -2.44. The highest BCUT2D eigenvalue weighted by molar-refractivity contribution is 7.99. The number of hydrogen-bond donors (Lipinski definition) is 1. The van der Waals surface area contributed by atoms with E-state index in [1.165, 1.54) is 6.42 Å². The van der Waals surface area contributed by atoms with Gasteiger partial charge in [0.15, 0.2) is 0 Å². The van der Waals surface area contributed by atoms with Crippen molar-refractivity contribution < 1.29 is 14.6 Å². The maximum Gasteiger partial charge on any atom is 0.0730 e. The van der Waals surface area contributed by atoms with Crippen molar-refractivity contribution in [3.63, 3.8) is 0 Å². The zero-order chi connectivity index (χ0) is 13.7. The van der Waals surface area contributed by atoms with Gasteiger partial charge in [-0.3, -0.25) is 0 Å². The van der Waals surface area contributed by atoms with Gasteiger partial charge in [-0.2, -0.15) is 11.8 Å². The van der Waals surface area contributed by atoms with E-state index in [0.29, 0.717) is 11.2 Å². The summed E-state index contributed by atoms with van der Waals surface area (Å²) in [4.78, 5) is 0. The first-order chi connectivity index (χ1) is 9.15. The van der Waals surface area contributed by atoms with Crippen LogP contribution in [0.2, 0.25) is 0 Å². The minimum Gasteiger partial charge on any atom is -0.392 e. The zero-order valence-electron chi connectivity index (χ0n) is 12.3. The summed E-state index contributed by atoms with van der Waals surface area (Å²) in [5, 5.41) is 11.1. The van der Waals surface area contributed by atoms with Crippen LogP contribution in [0, 0.1) is 5.92 Å². The molecule has 1 spiro atoms. The molecule has 3 atom stereocenters. The third kappa shape index (κ3) is 4.35. The molecule has 4 heteroatoms. The Bertz CT molecular complexity index is 261. The fourth-order valence-corrected chi connectivity index (χ4v) is 4.04. The van der Waals surface area contributed by atoms with Gasteiger partial charge in [-0.05, 0) is 38.0 Å². The molecular weight excluding hydrogens is 260 g/mol. The average molecular weight is 288 g/mol. The van der Waals surface area contributed by atoms with Gasteiger partial charge in [0.2, 0.25) is 0 Å². The van der Waals surface area contributed by atoms with Crippen molar-refractivity contribution in [2.24, 2.45) is 5.92 Å². The van der Waals surface area contributed by atoms with Gasteiger partial charge in [0, 0.05) is 30.8 Å². The fourth-order valence-electron chi connectivity index (χ4n) is 3.00. The van der Waals surface area contributed by atoms with Gasteiger partial charge < -0.3 is 14.6 Å². The Labute approximate surface area is 121 Å². The predicted molar refractivity (Wildman–Crippen MR) is 79.7 cm³/mol. The number of aliphatic hydroxyl groups is 1. The molecule has 0 amide bonds. The van der Waals surface area contributed by atoms with E-state index in [1.807, 2.05) is 11.8 Å². The molecule has 2 heterocycles. The Kier molecular flexibility index (Phi) is 6.00. The summed E-state index contributed by atoms with van der Waals surface area (Å²) in [7, 11) is 0. The molecule has 19 heavy (non-hydrogen) atoms. The fraction of sp³-hybridized carbons (Fsp3) is 1.00. The summed E-state index contributed by atoms with van der Waals surface area (Å²) in [6, 6.07) is 0. The first-order valence-electron chi connectivity index (χ1n) is 7.66. The highest BCUT2D eigenvalue weighted by Crippen LogP contribution is 2.38. The molecule has 2 saturated heterocycles. The van der Waals surface area contributed by atoms with E-state index in [9.17, 15) is 5.11 Å². The van der Waals surface area contributed by atoms with Crippen LogP contribution in [0.4, 0.5) is 0 Å². The lowest BCUT2D eigenvalue weighted by molar-refractivity contribution is -0.156. The number of aliphatic hydroxyl groups excluding tert-OH is 1. The van der Waals surface area contributed by atoms with E-state index < -0.39 is 0 Å². The lowest BCUT2D eigenvalue weighted by Crippen LogP contribution is -2.47. The van der Waals surface area contributed by atoms with Crippen molar-refractivity contribution in [2.45, 2.75) is 62.9 Å². The number of rotatable bonds is 5. The Hall–Kier alpha value is 0.230. The largest absolute Gasteiger partial charge is 0.392 e. The zero-order valence-corrected chi connectivity index (χ0v) is 13.1. The van der Waals surface area contributed by atoms with Crippen molar-refractivity contribution in [1.82, 2.24) is 0 Å². The molecule has 0 aromatic heterocycles. The average Bonchev–Trinajstić information content (AvgIpc) is 2.45. The molecule has 0 radical (unpaired) electrons. The van der Waals surface area contributed by atoms with Crippen LogP contribution in [0.25, 0.3) is 0 Å². The van der Waals surface area contributed by atoms with Gasteiger partial charge in [-0.1, -0.05) is 13.8 Å². The summed E-state index contributed by atoms with van der Waals surface area (Å²) in [5.74, 6) is 1.27. The molecule has 112 valence electrons. The van der Waals surface area contributed by atoms with Crippen molar-refractivity contribution in [2.75, 3.05) is 25.6 Å². The third-order valence-electron chi connectivity index (χ3n) is 4.61. The van der Waals surface area contributed by atoms with Crippen LogP contribution >= 0.6 is 11.8 Å². The van der Waals surface area contributed by atoms with Gasteiger partial charge >= 0.3 is 0 Å². The molecule has 1 N–H and O–H groups in total. The first kappa shape index (κ1) is 15.6. The molecular formula is C15H28O3S. The van der Waals surface area contributed by atoms with Crippen LogP contribution in [-0.4, -0.2) is 47.6 Å². The predicted octanol–water partition coefficient (Wildman–Crippen LogP) is 2.85. The van der Waals surface area contributed by atoms with E-state index in [1.54, 1.807) is 0 Å². The van der Waals surface area contributed by atoms with Gasteiger partial charge in [-0.25, -0.2) is 0 Å². The smallest absolute Gasteiger partial charge is 0.0730 e. The SMILES string of the molecule is CCC(C)SCC(O)C1CCOC2(CCOCC2)C1. The van der Waals surface area contributed by atoms with Crippen LogP contribution in [-0.2, 0) is 9.47 Å². The number of hydrogen-bond acceptors (Lipinski definition) is 4. The van der Waals surface area contributed by atoms with Crippen molar-refractivity contribution in [1.29, 1.82) is 0 Å². The minimum atomic E-state index is -0.178. The topological polar surface area (TPSA) is 38.7 Å². The Morgan fingerprint density at radius 3 is 2.74 bits per heavy atom. The number of ether oxygens (including phenoxy) is 2. The van der Waals surface area contributed by atoms with Crippen LogP contribution in [0.15, 0.2) is 0 Å².